The first-order chi connectivity index (χ1) is 8.11. The zero-order chi connectivity index (χ0) is 12.4. The van der Waals surface area contributed by atoms with Gasteiger partial charge in [-0.25, -0.2) is 0 Å². The minimum Gasteiger partial charge on any atom is -0.334 e. The summed E-state index contributed by atoms with van der Waals surface area (Å²) in [5.41, 5.74) is 6.67. The summed E-state index contributed by atoms with van der Waals surface area (Å²) in [6.07, 6.45) is 0.769. The number of rotatable bonds is 3. The van der Waals surface area contributed by atoms with Gasteiger partial charge in [0.05, 0.1) is 11.6 Å². The third-order valence-electron chi connectivity index (χ3n) is 2.37. The van der Waals surface area contributed by atoms with Gasteiger partial charge >= 0.3 is 0 Å². The molecule has 4 nitrogen and oxygen atoms in total. The number of aromatic nitrogens is 2. The minimum atomic E-state index is -0.190. The van der Waals surface area contributed by atoms with E-state index in [0.717, 1.165) is 15.6 Å². The molecule has 0 spiro atoms. The second-order valence-corrected chi connectivity index (χ2v) is 5.20. The topological polar surface area (TPSA) is 64.9 Å². The molecule has 1 aromatic carbocycles. The maximum Gasteiger partial charge on any atom is 0.259 e. The Hall–Kier alpha value is -0.660. The van der Waals surface area contributed by atoms with Gasteiger partial charge in [-0.15, -0.1) is 0 Å². The second-order valence-electron chi connectivity index (χ2n) is 3.60. The van der Waals surface area contributed by atoms with Gasteiger partial charge in [0.2, 0.25) is 0 Å². The molecule has 0 saturated carbocycles. The predicted molar refractivity (Wildman–Crippen MR) is 74.7 cm³/mol. The molecule has 17 heavy (non-hydrogen) atoms. The van der Waals surface area contributed by atoms with Gasteiger partial charge < -0.3 is 10.3 Å². The monoisotopic (exact) mass is 363 g/mol. The lowest BCUT2D eigenvalue weighted by molar-refractivity contribution is 0.415. The maximum absolute atomic E-state index is 5.95. The highest BCUT2D eigenvalue weighted by atomic mass is 127. The van der Waals surface area contributed by atoms with Gasteiger partial charge in [-0.2, -0.15) is 4.98 Å². The standard InChI is InChI=1S/C11H11ClIN3O/c1-2-9(14)10-15-11(17-16-10)7-5-6(12)3-4-8(7)13/h3-5,9H,2,14H2,1H3. The van der Waals surface area contributed by atoms with Crippen molar-refractivity contribution in [2.75, 3.05) is 0 Å². The third kappa shape index (κ3) is 2.78. The fourth-order valence-corrected chi connectivity index (χ4v) is 2.08. The molecule has 0 aliphatic rings. The van der Waals surface area contributed by atoms with Crippen LogP contribution in [0.3, 0.4) is 0 Å². The van der Waals surface area contributed by atoms with Gasteiger partial charge in [0.15, 0.2) is 5.82 Å². The number of nitrogens with two attached hydrogens (primary N) is 1. The molecule has 0 radical (unpaired) electrons. The van der Waals surface area contributed by atoms with Gasteiger partial charge in [0, 0.05) is 8.59 Å². The predicted octanol–water partition coefficient (Wildman–Crippen LogP) is 3.40. The van der Waals surface area contributed by atoms with E-state index in [0.29, 0.717) is 16.7 Å². The van der Waals surface area contributed by atoms with E-state index in [9.17, 15) is 0 Å². The molecule has 0 aliphatic heterocycles. The van der Waals surface area contributed by atoms with Crippen LogP contribution < -0.4 is 5.73 Å². The largest absolute Gasteiger partial charge is 0.334 e. The maximum atomic E-state index is 5.95. The molecule has 1 aromatic heterocycles. The molecular formula is C11H11ClIN3O. The van der Waals surface area contributed by atoms with E-state index < -0.39 is 0 Å². The molecular weight excluding hydrogens is 352 g/mol. The zero-order valence-electron chi connectivity index (χ0n) is 9.15. The first kappa shape index (κ1) is 12.8. The Labute approximate surface area is 118 Å². The van der Waals surface area contributed by atoms with Crippen LogP contribution >= 0.6 is 34.2 Å². The van der Waals surface area contributed by atoms with E-state index in [1.165, 1.54) is 0 Å². The van der Waals surface area contributed by atoms with E-state index in [4.69, 9.17) is 21.9 Å². The van der Waals surface area contributed by atoms with E-state index in [1.54, 1.807) is 6.07 Å². The van der Waals surface area contributed by atoms with Crippen molar-refractivity contribution in [3.8, 4) is 11.5 Å². The van der Waals surface area contributed by atoms with Crippen LogP contribution in [0.25, 0.3) is 11.5 Å². The van der Waals surface area contributed by atoms with Crippen LogP contribution in [-0.4, -0.2) is 10.1 Å². The number of hydrogen-bond donors (Lipinski definition) is 1. The summed E-state index contributed by atoms with van der Waals surface area (Å²) in [6, 6.07) is 5.34. The van der Waals surface area contributed by atoms with Crippen LogP contribution in [0.5, 0.6) is 0 Å². The Bertz CT molecular complexity index is 529. The normalized spacial score (nSPS) is 12.7. The summed E-state index contributed by atoms with van der Waals surface area (Å²) >= 11 is 8.14. The Kier molecular flexibility index (Phi) is 4.01. The highest BCUT2D eigenvalue weighted by molar-refractivity contribution is 14.1. The molecule has 0 fully saturated rings. The first-order valence-electron chi connectivity index (χ1n) is 5.16. The molecule has 1 atom stereocenters. The van der Waals surface area contributed by atoms with E-state index in [1.807, 2.05) is 19.1 Å². The van der Waals surface area contributed by atoms with Gasteiger partial charge in [-0.05, 0) is 47.2 Å². The second kappa shape index (κ2) is 5.32. The number of nitrogens with zero attached hydrogens (tertiary/aromatic N) is 2. The van der Waals surface area contributed by atoms with Gasteiger partial charge in [-0.1, -0.05) is 23.7 Å². The molecule has 0 aliphatic carbocycles. The molecule has 2 rings (SSSR count). The Morgan fingerprint density at radius 1 is 1.53 bits per heavy atom. The quantitative estimate of drug-likeness (QED) is 0.849. The lowest BCUT2D eigenvalue weighted by Crippen LogP contribution is -2.10. The van der Waals surface area contributed by atoms with Gasteiger partial charge in [0.25, 0.3) is 5.89 Å². The van der Waals surface area contributed by atoms with Crippen molar-refractivity contribution in [3.63, 3.8) is 0 Å². The SMILES string of the molecule is CCC(N)c1noc(-c2cc(Cl)ccc2I)n1. The fraction of sp³-hybridized carbons (Fsp3) is 0.273. The van der Waals surface area contributed by atoms with Gasteiger partial charge in [0.1, 0.15) is 0 Å². The number of hydrogen-bond acceptors (Lipinski definition) is 4. The summed E-state index contributed by atoms with van der Waals surface area (Å²) < 4.78 is 6.21. The van der Waals surface area contributed by atoms with Crippen LogP contribution in [0.2, 0.25) is 5.02 Å². The summed E-state index contributed by atoms with van der Waals surface area (Å²) in [6.45, 7) is 1.98. The number of halogens is 2. The van der Waals surface area contributed by atoms with Crippen molar-refractivity contribution in [2.24, 2.45) is 5.73 Å². The summed E-state index contributed by atoms with van der Waals surface area (Å²) in [5.74, 6) is 0.981. The molecule has 90 valence electrons. The van der Waals surface area contributed by atoms with Crippen molar-refractivity contribution in [3.05, 3.63) is 32.6 Å². The molecule has 2 N–H and O–H groups in total. The first-order valence-corrected chi connectivity index (χ1v) is 6.62. The van der Waals surface area contributed by atoms with Crippen LogP contribution in [0, 0.1) is 3.57 Å². The Morgan fingerprint density at radius 2 is 2.29 bits per heavy atom. The number of benzene rings is 1. The average Bonchev–Trinajstić information content (AvgIpc) is 2.80. The fourth-order valence-electron chi connectivity index (χ4n) is 1.34. The minimum absolute atomic E-state index is 0.190. The van der Waals surface area contributed by atoms with Crippen LogP contribution in [0.1, 0.15) is 25.2 Å². The van der Waals surface area contributed by atoms with E-state index >= 15 is 0 Å². The lowest BCUT2D eigenvalue weighted by Gasteiger charge is -2.00. The van der Waals surface area contributed by atoms with Gasteiger partial charge in [-0.3, -0.25) is 0 Å². The molecule has 1 heterocycles. The van der Waals surface area contributed by atoms with Crippen molar-refractivity contribution in [2.45, 2.75) is 19.4 Å². The van der Waals surface area contributed by atoms with E-state index in [2.05, 4.69) is 32.7 Å². The summed E-state index contributed by atoms with van der Waals surface area (Å²) in [5, 5.41) is 4.52. The van der Waals surface area contributed by atoms with E-state index in [-0.39, 0.29) is 6.04 Å². The Balaban J connectivity index is 2.40. The van der Waals surface area contributed by atoms with Crippen molar-refractivity contribution in [1.82, 2.24) is 10.1 Å². The third-order valence-corrected chi connectivity index (χ3v) is 3.55. The highest BCUT2D eigenvalue weighted by Gasteiger charge is 2.15. The molecule has 1 unspecified atom stereocenters. The smallest absolute Gasteiger partial charge is 0.259 e. The summed E-state index contributed by atoms with van der Waals surface area (Å²) in [7, 11) is 0. The lowest BCUT2D eigenvalue weighted by atomic mass is 10.2. The van der Waals surface area contributed by atoms with Crippen molar-refractivity contribution in [1.29, 1.82) is 0 Å². The van der Waals surface area contributed by atoms with Crippen LogP contribution in [0.4, 0.5) is 0 Å². The molecule has 2 aromatic rings. The van der Waals surface area contributed by atoms with Crippen molar-refractivity contribution < 1.29 is 4.52 Å². The molecule has 6 heteroatoms. The molecule has 0 saturated heterocycles. The summed E-state index contributed by atoms with van der Waals surface area (Å²) in [4.78, 5) is 4.29. The highest BCUT2D eigenvalue weighted by Crippen LogP contribution is 2.27. The van der Waals surface area contributed by atoms with Crippen LogP contribution in [-0.2, 0) is 0 Å². The average molecular weight is 364 g/mol. The molecule has 0 amide bonds. The zero-order valence-corrected chi connectivity index (χ0v) is 12.1. The van der Waals surface area contributed by atoms with Crippen LogP contribution in [0.15, 0.2) is 22.7 Å². The molecule has 0 bridgehead atoms. The Morgan fingerprint density at radius 3 is 3.00 bits per heavy atom. The van der Waals surface area contributed by atoms with Crippen molar-refractivity contribution >= 4 is 34.2 Å².